The van der Waals surface area contributed by atoms with Crippen LogP contribution in [-0.2, 0) is 11.3 Å². The van der Waals surface area contributed by atoms with E-state index in [1.54, 1.807) is 0 Å². The van der Waals surface area contributed by atoms with Gasteiger partial charge in [-0.05, 0) is 19.4 Å². The zero-order valence-electron chi connectivity index (χ0n) is 16.3. The zero-order chi connectivity index (χ0) is 19.5. The Morgan fingerprint density at radius 2 is 1.61 bits per heavy atom. The molecule has 144 valence electrons. The van der Waals surface area contributed by atoms with E-state index in [0.717, 1.165) is 16.8 Å². The first-order valence-corrected chi connectivity index (χ1v) is 9.71. The molecule has 0 bridgehead atoms. The molecule has 4 rings (SSSR count). The summed E-state index contributed by atoms with van der Waals surface area (Å²) in [5, 5.41) is 4.77. The Morgan fingerprint density at radius 1 is 1.00 bits per heavy atom. The summed E-state index contributed by atoms with van der Waals surface area (Å²) in [7, 11) is 0. The molecule has 1 amide bonds. The van der Waals surface area contributed by atoms with E-state index in [1.165, 1.54) is 0 Å². The monoisotopic (exact) mass is 375 g/mol. The lowest BCUT2D eigenvalue weighted by Gasteiger charge is -2.35. The lowest BCUT2D eigenvalue weighted by Crippen LogP contribution is -2.48. The van der Waals surface area contributed by atoms with Gasteiger partial charge in [0.1, 0.15) is 5.69 Å². The van der Waals surface area contributed by atoms with Gasteiger partial charge in [-0.1, -0.05) is 60.7 Å². The van der Waals surface area contributed by atoms with Crippen molar-refractivity contribution in [3.8, 4) is 11.3 Å². The second kappa shape index (κ2) is 7.98. The molecular weight excluding hydrogens is 350 g/mol. The van der Waals surface area contributed by atoms with Crippen molar-refractivity contribution in [2.75, 3.05) is 13.1 Å². The minimum Gasteiger partial charge on any atom is -0.372 e. The van der Waals surface area contributed by atoms with Crippen LogP contribution in [0.2, 0.25) is 0 Å². The number of hydrogen-bond donors (Lipinski definition) is 0. The van der Waals surface area contributed by atoms with Crippen molar-refractivity contribution in [3.63, 3.8) is 0 Å². The summed E-state index contributed by atoms with van der Waals surface area (Å²) < 4.78 is 7.65. The number of ether oxygens (including phenoxy) is 1. The number of rotatable bonds is 4. The van der Waals surface area contributed by atoms with Gasteiger partial charge in [-0.3, -0.25) is 9.48 Å². The highest BCUT2D eigenvalue weighted by Gasteiger charge is 2.29. The number of nitrogens with zero attached hydrogens (tertiary/aromatic N) is 3. The molecule has 0 radical (unpaired) electrons. The van der Waals surface area contributed by atoms with E-state index < -0.39 is 0 Å². The van der Waals surface area contributed by atoms with E-state index in [9.17, 15) is 4.79 Å². The summed E-state index contributed by atoms with van der Waals surface area (Å²) in [5.41, 5.74) is 3.47. The van der Waals surface area contributed by atoms with Crippen LogP contribution in [0.3, 0.4) is 0 Å². The Bertz CT molecular complexity index is 927. The zero-order valence-corrected chi connectivity index (χ0v) is 16.3. The maximum Gasteiger partial charge on any atom is 0.257 e. The van der Waals surface area contributed by atoms with Gasteiger partial charge in [-0.15, -0.1) is 0 Å². The number of morpholine rings is 1. The van der Waals surface area contributed by atoms with Gasteiger partial charge < -0.3 is 9.64 Å². The van der Waals surface area contributed by atoms with Crippen molar-refractivity contribution in [1.29, 1.82) is 0 Å². The van der Waals surface area contributed by atoms with Crippen LogP contribution in [0.25, 0.3) is 11.3 Å². The van der Waals surface area contributed by atoms with Crippen molar-refractivity contribution in [1.82, 2.24) is 14.7 Å². The second-order valence-electron chi connectivity index (χ2n) is 7.41. The standard InChI is InChI=1S/C23H25N3O2/c1-17-13-25(14-18(2)28-17)23(27)21-16-26(15-19-9-5-3-6-10-19)24-22(21)20-11-7-4-8-12-20/h3-12,16-18H,13-15H2,1-2H3/t17-,18+. The number of aromatic nitrogens is 2. The Morgan fingerprint density at radius 3 is 2.25 bits per heavy atom. The van der Waals surface area contributed by atoms with Crippen LogP contribution in [0.1, 0.15) is 29.8 Å². The Kier molecular flexibility index (Phi) is 5.26. The molecule has 3 aromatic rings. The smallest absolute Gasteiger partial charge is 0.257 e. The highest BCUT2D eigenvalue weighted by molar-refractivity contribution is 5.99. The van der Waals surface area contributed by atoms with Gasteiger partial charge in [-0.25, -0.2) is 0 Å². The highest BCUT2D eigenvalue weighted by atomic mass is 16.5. The molecule has 0 unspecified atom stereocenters. The van der Waals surface area contributed by atoms with Gasteiger partial charge in [0.25, 0.3) is 5.91 Å². The average Bonchev–Trinajstić information content (AvgIpc) is 3.12. The van der Waals surface area contributed by atoms with Crippen LogP contribution in [0, 0.1) is 0 Å². The van der Waals surface area contributed by atoms with Crippen molar-refractivity contribution in [2.45, 2.75) is 32.6 Å². The molecule has 2 aromatic carbocycles. The van der Waals surface area contributed by atoms with Gasteiger partial charge in [-0.2, -0.15) is 5.10 Å². The fraction of sp³-hybridized carbons (Fsp3) is 0.304. The number of carbonyl (C=O) groups excluding carboxylic acids is 1. The van der Waals surface area contributed by atoms with Crippen molar-refractivity contribution >= 4 is 5.91 Å². The first-order chi connectivity index (χ1) is 13.6. The quantitative estimate of drug-likeness (QED) is 0.696. The molecule has 2 atom stereocenters. The molecule has 1 fully saturated rings. The molecule has 0 saturated carbocycles. The largest absolute Gasteiger partial charge is 0.372 e. The van der Waals surface area contributed by atoms with Crippen LogP contribution >= 0.6 is 0 Å². The first-order valence-electron chi connectivity index (χ1n) is 9.71. The predicted molar refractivity (Wildman–Crippen MR) is 109 cm³/mol. The average molecular weight is 375 g/mol. The van der Waals surface area contributed by atoms with Crippen LogP contribution in [0.4, 0.5) is 0 Å². The molecule has 0 aliphatic carbocycles. The van der Waals surface area contributed by atoms with E-state index in [-0.39, 0.29) is 18.1 Å². The highest BCUT2D eigenvalue weighted by Crippen LogP contribution is 2.25. The van der Waals surface area contributed by atoms with E-state index >= 15 is 0 Å². The molecule has 0 N–H and O–H groups in total. The van der Waals surface area contributed by atoms with Gasteiger partial charge in [0, 0.05) is 24.8 Å². The molecule has 0 spiro atoms. The summed E-state index contributed by atoms with van der Waals surface area (Å²) in [5.74, 6) is 0.0140. The number of amides is 1. The maximum absolute atomic E-state index is 13.4. The third kappa shape index (κ3) is 3.99. The van der Waals surface area contributed by atoms with Crippen molar-refractivity contribution in [2.24, 2.45) is 0 Å². The Labute approximate surface area is 165 Å². The van der Waals surface area contributed by atoms with E-state index in [2.05, 4.69) is 12.1 Å². The molecule has 1 aromatic heterocycles. The number of hydrogen-bond acceptors (Lipinski definition) is 3. The topological polar surface area (TPSA) is 47.4 Å². The van der Waals surface area contributed by atoms with Gasteiger partial charge in [0.15, 0.2) is 0 Å². The molecule has 1 aliphatic heterocycles. The maximum atomic E-state index is 13.4. The minimum absolute atomic E-state index is 0.0140. The number of carbonyl (C=O) groups is 1. The van der Waals surface area contributed by atoms with E-state index in [0.29, 0.717) is 25.2 Å². The number of benzene rings is 2. The predicted octanol–water partition coefficient (Wildman–Crippen LogP) is 3.85. The third-order valence-electron chi connectivity index (χ3n) is 4.93. The van der Waals surface area contributed by atoms with Gasteiger partial charge >= 0.3 is 0 Å². The van der Waals surface area contributed by atoms with Crippen LogP contribution in [0.5, 0.6) is 0 Å². The Balaban J connectivity index is 1.69. The first kappa shape index (κ1) is 18.4. The van der Waals surface area contributed by atoms with Crippen LogP contribution < -0.4 is 0 Å². The SMILES string of the molecule is C[C@@H]1CN(C(=O)c2cn(Cc3ccccc3)nc2-c2ccccc2)C[C@H](C)O1. The molecule has 28 heavy (non-hydrogen) atoms. The Hall–Kier alpha value is -2.92. The molecule has 1 aliphatic rings. The van der Waals surface area contributed by atoms with Gasteiger partial charge in [0.2, 0.25) is 0 Å². The van der Waals surface area contributed by atoms with Gasteiger partial charge in [0.05, 0.1) is 24.3 Å². The molecule has 1 saturated heterocycles. The lowest BCUT2D eigenvalue weighted by atomic mass is 10.1. The summed E-state index contributed by atoms with van der Waals surface area (Å²) in [4.78, 5) is 15.3. The lowest BCUT2D eigenvalue weighted by molar-refractivity contribution is -0.0586. The third-order valence-corrected chi connectivity index (χ3v) is 4.93. The second-order valence-corrected chi connectivity index (χ2v) is 7.41. The fourth-order valence-corrected chi connectivity index (χ4v) is 3.75. The summed E-state index contributed by atoms with van der Waals surface area (Å²) in [6, 6.07) is 20.1. The minimum atomic E-state index is 0.0140. The molecule has 2 heterocycles. The summed E-state index contributed by atoms with van der Waals surface area (Å²) >= 11 is 0. The van der Waals surface area contributed by atoms with Crippen LogP contribution in [0.15, 0.2) is 66.9 Å². The molecular formula is C23H25N3O2. The summed E-state index contributed by atoms with van der Waals surface area (Å²) in [6.07, 6.45) is 1.95. The molecule has 5 nitrogen and oxygen atoms in total. The van der Waals surface area contributed by atoms with E-state index in [1.807, 2.05) is 78.2 Å². The fourth-order valence-electron chi connectivity index (χ4n) is 3.75. The van der Waals surface area contributed by atoms with E-state index in [4.69, 9.17) is 9.84 Å². The van der Waals surface area contributed by atoms with Crippen LogP contribution in [-0.4, -0.2) is 45.9 Å². The van der Waals surface area contributed by atoms with Crippen molar-refractivity contribution < 1.29 is 9.53 Å². The normalized spacial score (nSPS) is 19.6. The molecule has 5 heteroatoms. The summed E-state index contributed by atoms with van der Waals surface area (Å²) in [6.45, 7) is 5.84. The van der Waals surface area contributed by atoms with Crippen molar-refractivity contribution in [3.05, 3.63) is 78.0 Å².